The van der Waals surface area contributed by atoms with Crippen LogP contribution in [0, 0.1) is 6.92 Å². The number of hydrogen-bond acceptors (Lipinski definition) is 3. The van der Waals surface area contributed by atoms with Gasteiger partial charge in [0.1, 0.15) is 11.5 Å². The molecule has 0 aliphatic heterocycles. The summed E-state index contributed by atoms with van der Waals surface area (Å²) in [7, 11) is 1.57. The van der Waals surface area contributed by atoms with Crippen LogP contribution in [-0.2, 0) is 0 Å². The maximum Gasteiger partial charge on any atom is 0.344 e. The molecule has 3 nitrogen and oxygen atoms in total. The predicted octanol–water partition coefficient (Wildman–Crippen LogP) is 3.78. The molecule has 0 saturated carbocycles. The second-order valence-electron chi connectivity index (χ2n) is 4.67. The third-order valence-corrected chi connectivity index (χ3v) is 3.38. The Labute approximate surface area is 116 Å². The molecule has 0 aliphatic carbocycles. The minimum atomic E-state index is -0.348. The largest absolute Gasteiger partial charge is 0.497 e. The van der Waals surface area contributed by atoms with Crippen molar-refractivity contribution in [3.05, 3.63) is 64.5 Å². The van der Waals surface area contributed by atoms with Crippen LogP contribution in [0.1, 0.15) is 5.56 Å². The number of ether oxygens (including phenoxy) is 1. The Morgan fingerprint density at radius 3 is 2.60 bits per heavy atom. The topological polar surface area (TPSA) is 39.4 Å². The standard InChI is InChI=1S/C17H14O3/c1-11-5-3-4-6-14(11)16-9-12-7-8-13(19-2)10-15(12)17(18)20-16/h3-10H,1-2H3. The van der Waals surface area contributed by atoms with Gasteiger partial charge in [-0.05, 0) is 36.1 Å². The van der Waals surface area contributed by atoms with Crippen molar-refractivity contribution in [1.82, 2.24) is 0 Å². The molecule has 3 heteroatoms. The summed E-state index contributed by atoms with van der Waals surface area (Å²) in [5.74, 6) is 1.24. The molecule has 1 heterocycles. The van der Waals surface area contributed by atoms with E-state index >= 15 is 0 Å². The number of fused-ring (bicyclic) bond motifs is 1. The Morgan fingerprint density at radius 1 is 1.05 bits per heavy atom. The molecule has 3 rings (SSSR count). The first-order valence-corrected chi connectivity index (χ1v) is 6.37. The minimum Gasteiger partial charge on any atom is -0.497 e. The fourth-order valence-corrected chi connectivity index (χ4v) is 2.27. The molecule has 0 bridgehead atoms. The lowest BCUT2D eigenvalue weighted by Crippen LogP contribution is -2.01. The van der Waals surface area contributed by atoms with Crippen molar-refractivity contribution >= 4 is 10.8 Å². The minimum absolute atomic E-state index is 0.348. The van der Waals surface area contributed by atoms with Gasteiger partial charge in [-0.3, -0.25) is 0 Å². The first-order valence-electron chi connectivity index (χ1n) is 6.37. The zero-order valence-corrected chi connectivity index (χ0v) is 11.3. The van der Waals surface area contributed by atoms with Crippen molar-refractivity contribution in [1.29, 1.82) is 0 Å². The highest BCUT2D eigenvalue weighted by Gasteiger charge is 2.09. The van der Waals surface area contributed by atoms with E-state index in [0.717, 1.165) is 16.5 Å². The molecule has 0 saturated heterocycles. The van der Waals surface area contributed by atoms with Crippen molar-refractivity contribution < 1.29 is 9.15 Å². The maximum atomic E-state index is 12.1. The van der Waals surface area contributed by atoms with Gasteiger partial charge in [-0.15, -0.1) is 0 Å². The fraction of sp³-hybridized carbons (Fsp3) is 0.118. The number of benzene rings is 2. The molecule has 2 aromatic carbocycles. The molecule has 0 spiro atoms. The SMILES string of the molecule is COc1ccc2cc(-c3ccccc3C)oc(=O)c2c1. The van der Waals surface area contributed by atoms with Crippen LogP contribution in [0.25, 0.3) is 22.1 Å². The summed E-state index contributed by atoms with van der Waals surface area (Å²) >= 11 is 0. The van der Waals surface area contributed by atoms with Crippen LogP contribution in [0.2, 0.25) is 0 Å². The third-order valence-electron chi connectivity index (χ3n) is 3.38. The smallest absolute Gasteiger partial charge is 0.344 e. The molecule has 20 heavy (non-hydrogen) atoms. The van der Waals surface area contributed by atoms with Gasteiger partial charge in [0.2, 0.25) is 0 Å². The van der Waals surface area contributed by atoms with E-state index in [4.69, 9.17) is 9.15 Å². The lowest BCUT2D eigenvalue weighted by Gasteiger charge is -2.06. The third kappa shape index (κ3) is 2.07. The van der Waals surface area contributed by atoms with Gasteiger partial charge in [0.05, 0.1) is 12.5 Å². The average Bonchev–Trinajstić information content (AvgIpc) is 2.47. The molecular weight excluding hydrogens is 252 g/mol. The highest BCUT2D eigenvalue weighted by atomic mass is 16.5. The Bertz CT molecular complexity index is 831. The summed E-state index contributed by atoms with van der Waals surface area (Å²) in [5.41, 5.74) is 1.66. The van der Waals surface area contributed by atoms with Crippen LogP contribution in [0.3, 0.4) is 0 Å². The summed E-state index contributed by atoms with van der Waals surface area (Å²) in [5, 5.41) is 1.38. The highest BCUT2D eigenvalue weighted by molar-refractivity contribution is 5.85. The zero-order chi connectivity index (χ0) is 14.1. The molecule has 1 aromatic heterocycles. The molecular formula is C17H14O3. The molecule has 0 atom stereocenters. The van der Waals surface area contributed by atoms with Gasteiger partial charge in [-0.25, -0.2) is 4.79 Å². The number of aryl methyl sites for hydroxylation is 1. The van der Waals surface area contributed by atoms with Crippen LogP contribution in [0.4, 0.5) is 0 Å². The second kappa shape index (κ2) is 4.85. The van der Waals surface area contributed by atoms with Crippen LogP contribution in [0.5, 0.6) is 5.75 Å². The first kappa shape index (κ1) is 12.5. The Morgan fingerprint density at radius 2 is 1.85 bits per heavy atom. The van der Waals surface area contributed by atoms with Gasteiger partial charge >= 0.3 is 5.63 Å². The van der Waals surface area contributed by atoms with Crippen molar-refractivity contribution in [3.63, 3.8) is 0 Å². The molecule has 0 unspecified atom stereocenters. The van der Waals surface area contributed by atoms with Crippen molar-refractivity contribution in [3.8, 4) is 17.1 Å². The van der Waals surface area contributed by atoms with Gasteiger partial charge in [-0.2, -0.15) is 0 Å². The second-order valence-corrected chi connectivity index (χ2v) is 4.67. The van der Waals surface area contributed by atoms with Gasteiger partial charge < -0.3 is 9.15 Å². The number of rotatable bonds is 2. The van der Waals surface area contributed by atoms with Crippen LogP contribution in [-0.4, -0.2) is 7.11 Å². The van der Waals surface area contributed by atoms with E-state index in [0.29, 0.717) is 16.9 Å². The molecule has 3 aromatic rings. The quantitative estimate of drug-likeness (QED) is 0.708. The molecule has 0 aliphatic rings. The van der Waals surface area contributed by atoms with Gasteiger partial charge in [-0.1, -0.05) is 30.3 Å². The summed E-state index contributed by atoms with van der Waals surface area (Å²) in [6.45, 7) is 1.99. The molecule has 0 fully saturated rings. The number of hydrogen-bond donors (Lipinski definition) is 0. The van der Waals surface area contributed by atoms with Crippen molar-refractivity contribution in [2.24, 2.45) is 0 Å². The van der Waals surface area contributed by atoms with Gasteiger partial charge in [0.25, 0.3) is 0 Å². The van der Waals surface area contributed by atoms with Crippen LogP contribution >= 0.6 is 0 Å². The summed E-state index contributed by atoms with van der Waals surface area (Å²) in [4.78, 5) is 12.1. The van der Waals surface area contributed by atoms with Crippen LogP contribution in [0.15, 0.2) is 57.7 Å². The van der Waals surface area contributed by atoms with Crippen molar-refractivity contribution in [2.75, 3.05) is 7.11 Å². The lowest BCUT2D eigenvalue weighted by molar-refractivity contribution is 0.415. The summed E-state index contributed by atoms with van der Waals surface area (Å²) < 4.78 is 10.6. The van der Waals surface area contributed by atoms with E-state index in [-0.39, 0.29) is 5.63 Å². The monoisotopic (exact) mass is 266 g/mol. The van der Waals surface area contributed by atoms with E-state index in [1.165, 1.54) is 0 Å². The van der Waals surface area contributed by atoms with E-state index in [9.17, 15) is 4.79 Å². The Balaban J connectivity index is 2.26. The zero-order valence-electron chi connectivity index (χ0n) is 11.3. The van der Waals surface area contributed by atoms with Gasteiger partial charge in [0.15, 0.2) is 0 Å². The molecule has 100 valence electrons. The first-order chi connectivity index (χ1) is 9.69. The van der Waals surface area contributed by atoms with E-state index in [2.05, 4.69) is 0 Å². The maximum absolute atomic E-state index is 12.1. The van der Waals surface area contributed by atoms with Crippen LogP contribution < -0.4 is 10.4 Å². The lowest BCUT2D eigenvalue weighted by atomic mass is 10.0. The molecule has 0 amide bonds. The molecule has 0 N–H and O–H groups in total. The van der Waals surface area contributed by atoms with Gasteiger partial charge in [0, 0.05) is 5.56 Å². The van der Waals surface area contributed by atoms with E-state index in [1.807, 2.05) is 49.4 Å². The highest BCUT2D eigenvalue weighted by Crippen LogP contribution is 2.26. The summed E-state index contributed by atoms with van der Waals surface area (Å²) in [6, 6.07) is 15.1. The average molecular weight is 266 g/mol. The normalized spacial score (nSPS) is 10.7. The van der Waals surface area contributed by atoms with Crippen molar-refractivity contribution in [2.45, 2.75) is 6.92 Å². The Kier molecular flexibility index (Phi) is 3.03. The fourth-order valence-electron chi connectivity index (χ4n) is 2.27. The molecule has 0 radical (unpaired) electrons. The summed E-state index contributed by atoms with van der Waals surface area (Å²) in [6.07, 6.45) is 0. The number of methoxy groups -OCH3 is 1. The van der Waals surface area contributed by atoms with E-state index in [1.54, 1.807) is 13.2 Å². The van der Waals surface area contributed by atoms with E-state index < -0.39 is 0 Å². The predicted molar refractivity (Wildman–Crippen MR) is 79.2 cm³/mol. The Hall–Kier alpha value is -2.55.